The molecule has 4 heterocycles. The summed E-state index contributed by atoms with van der Waals surface area (Å²) in [6.45, 7) is 7.59. The monoisotopic (exact) mass is 398 g/mol. The molecule has 28 heavy (non-hydrogen) atoms. The highest BCUT2D eigenvalue weighted by atomic mass is 32.1. The molecule has 0 saturated carbocycles. The van der Waals surface area contributed by atoms with Crippen LogP contribution >= 0.6 is 11.3 Å². The van der Waals surface area contributed by atoms with Gasteiger partial charge in [0.05, 0.1) is 27.0 Å². The van der Waals surface area contributed by atoms with E-state index >= 15 is 0 Å². The van der Waals surface area contributed by atoms with Gasteiger partial charge in [-0.1, -0.05) is 19.9 Å². The van der Waals surface area contributed by atoms with Gasteiger partial charge < -0.3 is 15.5 Å². The van der Waals surface area contributed by atoms with E-state index in [1.54, 1.807) is 6.20 Å². The average Bonchev–Trinajstić information content (AvgIpc) is 3.11. The molecule has 3 aromatic heterocycles. The van der Waals surface area contributed by atoms with E-state index in [1.807, 2.05) is 57.0 Å². The van der Waals surface area contributed by atoms with E-state index in [-0.39, 0.29) is 11.9 Å². The molecule has 0 spiro atoms. The molecular formula is C20H26N6OS. The molecule has 4 rings (SSSR count). The van der Waals surface area contributed by atoms with Gasteiger partial charge in [0.15, 0.2) is 5.69 Å². The van der Waals surface area contributed by atoms with Gasteiger partial charge in [0.25, 0.3) is 5.91 Å². The first kappa shape index (κ1) is 20.0. The predicted molar refractivity (Wildman–Crippen MR) is 115 cm³/mol. The fourth-order valence-electron chi connectivity index (χ4n) is 2.83. The zero-order valence-corrected chi connectivity index (χ0v) is 17.5. The lowest BCUT2D eigenvalue weighted by molar-refractivity contribution is 0.0648. The highest BCUT2D eigenvalue weighted by molar-refractivity contribution is 7.23. The van der Waals surface area contributed by atoms with Crippen molar-refractivity contribution < 1.29 is 4.79 Å². The number of hydrogen-bond donors (Lipinski definition) is 2. The van der Waals surface area contributed by atoms with Crippen LogP contribution in [0.3, 0.4) is 0 Å². The maximum Gasteiger partial charge on any atom is 0.274 e. The van der Waals surface area contributed by atoms with Crippen LogP contribution in [-0.2, 0) is 0 Å². The minimum Gasteiger partial charge on any atom is -0.380 e. The number of likely N-dealkylation sites (tertiary alicyclic amines) is 1. The number of fused-ring (bicyclic) bond motifs is 1. The Morgan fingerprint density at radius 3 is 2.64 bits per heavy atom. The lowest BCUT2D eigenvalue weighted by atomic mass is 10.2. The Labute approximate surface area is 169 Å². The summed E-state index contributed by atoms with van der Waals surface area (Å²) < 4.78 is 0.822. The summed E-state index contributed by atoms with van der Waals surface area (Å²) in [5.74, 6) is 0.418. The zero-order chi connectivity index (χ0) is 20.1. The van der Waals surface area contributed by atoms with Crippen LogP contribution in [0, 0.1) is 0 Å². The van der Waals surface area contributed by atoms with Crippen molar-refractivity contribution in [3.8, 4) is 0 Å². The van der Waals surface area contributed by atoms with Crippen molar-refractivity contribution >= 4 is 38.4 Å². The molecule has 2 N–H and O–H groups in total. The second-order valence-corrected chi connectivity index (χ2v) is 7.29. The third-order valence-corrected chi connectivity index (χ3v) is 5.59. The van der Waals surface area contributed by atoms with Crippen LogP contribution in [-0.4, -0.2) is 45.9 Å². The summed E-state index contributed by atoms with van der Waals surface area (Å²) in [7, 11) is 1.86. The summed E-state index contributed by atoms with van der Waals surface area (Å²) in [6.07, 6.45) is 2.81. The third kappa shape index (κ3) is 4.06. The molecule has 1 amide bonds. The van der Waals surface area contributed by atoms with Gasteiger partial charge in [-0.25, -0.2) is 9.97 Å². The quantitative estimate of drug-likeness (QED) is 0.671. The van der Waals surface area contributed by atoms with Crippen LogP contribution in [0.4, 0.5) is 10.9 Å². The molecule has 0 radical (unpaired) electrons. The molecule has 8 heteroatoms. The third-order valence-electron chi connectivity index (χ3n) is 4.44. The Morgan fingerprint density at radius 2 is 2.04 bits per heavy atom. The number of carbonyl (C=O) groups is 1. The van der Waals surface area contributed by atoms with E-state index in [9.17, 15) is 4.79 Å². The minimum atomic E-state index is -0.0667. The van der Waals surface area contributed by atoms with Crippen molar-refractivity contribution in [1.82, 2.24) is 19.9 Å². The fourth-order valence-corrected chi connectivity index (χ4v) is 3.76. The molecule has 1 atom stereocenters. The molecule has 1 saturated heterocycles. The molecule has 148 valence electrons. The molecule has 0 bridgehead atoms. The number of anilines is 2. The molecule has 0 aliphatic carbocycles. The number of nitrogens with zero attached hydrogens (tertiary/aromatic N) is 4. The van der Waals surface area contributed by atoms with Gasteiger partial charge in [-0.3, -0.25) is 9.78 Å². The number of hydrogen-bond acceptors (Lipinski definition) is 7. The number of amides is 1. The van der Waals surface area contributed by atoms with Gasteiger partial charge in [-0.05, 0) is 31.5 Å². The standard InChI is InChI=1S/C18H20N6OS.C2H6/c1-11(12-6-3-4-7-20-12)21-18-22-13-10-14(19-2)26-16(13)15(23-18)17(25)24-8-5-9-24;1-2/h3-4,6-7,10-11,19H,5,8-9H2,1-2H3,(H,21,22,23);1-2H3. The zero-order valence-electron chi connectivity index (χ0n) is 16.7. The Morgan fingerprint density at radius 1 is 1.25 bits per heavy atom. The Hall–Kier alpha value is -2.74. The minimum absolute atomic E-state index is 0.0262. The molecule has 1 fully saturated rings. The van der Waals surface area contributed by atoms with E-state index < -0.39 is 0 Å². The second kappa shape index (κ2) is 8.97. The van der Waals surface area contributed by atoms with Crippen LogP contribution in [0.25, 0.3) is 10.2 Å². The molecule has 7 nitrogen and oxygen atoms in total. The summed E-state index contributed by atoms with van der Waals surface area (Å²) in [5, 5.41) is 7.36. The first-order valence-electron chi connectivity index (χ1n) is 9.62. The van der Waals surface area contributed by atoms with Gasteiger partial charge >= 0.3 is 0 Å². The van der Waals surface area contributed by atoms with Crippen LogP contribution in [0.15, 0.2) is 30.5 Å². The van der Waals surface area contributed by atoms with Crippen LogP contribution in [0.2, 0.25) is 0 Å². The molecule has 1 unspecified atom stereocenters. The number of nitrogens with one attached hydrogen (secondary N) is 2. The van der Waals surface area contributed by atoms with Crippen molar-refractivity contribution in [3.63, 3.8) is 0 Å². The first-order valence-corrected chi connectivity index (χ1v) is 10.4. The highest BCUT2D eigenvalue weighted by Crippen LogP contribution is 2.32. The topological polar surface area (TPSA) is 83.0 Å². The number of aromatic nitrogens is 3. The Bertz CT molecular complexity index is 939. The largest absolute Gasteiger partial charge is 0.380 e. The van der Waals surface area contributed by atoms with Crippen molar-refractivity contribution in [2.45, 2.75) is 33.2 Å². The van der Waals surface area contributed by atoms with Gasteiger partial charge in [0.2, 0.25) is 5.95 Å². The van der Waals surface area contributed by atoms with Crippen LogP contribution < -0.4 is 10.6 Å². The van der Waals surface area contributed by atoms with E-state index in [0.717, 1.165) is 40.4 Å². The van der Waals surface area contributed by atoms with Crippen LogP contribution in [0.5, 0.6) is 0 Å². The van der Waals surface area contributed by atoms with Crippen molar-refractivity contribution in [2.24, 2.45) is 0 Å². The molecular weight excluding hydrogens is 372 g/mol. The van der Waals surface area contributed by atoms with E-state index in [2.05, 4.69) is 25.6 Å². The summed E-state index contributed by atoms with van der Waals surface area (Å²) >= 11 is 1.50. The van der Waals surface area contributed by atoms with E-state index in [0.29, 0.717) is 11.6 Å². The number of carbonyl (C=O) groups excluding carboxylic acids is 1. The van der Waals surface area contributed by atoms with Gasteiger partial charge in [0, 0.05) is 26.3 Å². The second-order valence-electron chi connectivity index (χ2n) is 6.24. The number of thiophene rings is 1. The maximum absolute atomic E-state index is 12.8. The summed E-state index contributed by atoms with van der Waals surface area (Å²) in [6, 6.07) is 7.66. The molecule has 1 aliphatic rings. The lowest BCUT2D eigenvalue weighted by Gasteiger charge is -2.30. The number of pyridine rings is 1. The molecule has 0 aromatic carbocycles. The fraction of sp³-hybridized carbons (Fsp3) is 0.400. The van der Waals surface area contributed by atoms with Crippen molar-refractivity contribution in [3.05, 3.63) is 41.9 Å². The Balaban J connectivity index is 0.00000109. The average molecular weight is 399 g/mol. The van der Waals surface area contributed by atoms with Crippen LogP contribution in [0.1, 0.15) is 49.4 Å². The maximum atomic E-state index is 12.8. The Kier molecular flexibility index (Phi) is 6.41. The lowest BCUT2D eigenvalue weighted by Crippen LogP contribution is -2.42. The van der Waals surface area contributed by atoms with E-state index in [4.69, 9.17) is 0 Å². The van der Waals surface area contributed by atoms with Gasteiger partial charge in [-0.15, -0.1) is 11.3 Å². The van der Waals surface area contributed by atoms with E-state index in [1.165, 1.54) is 11.3 Å². The van der Waals surface area contributed by atoms with Gasteiger partial charge in [-0.2, -0.15) is 0 Å². The molecule has 3 aromatic rings. The SMILES string of the molecule is CC.CNc1cc2nc(NC(C)c3ccccn3)nc(C(=O)N3CCC3)c2s1. The van der Waals surface area contributed by atoms with Gasteiger partial charge in [0.1, 0.15) is 0 Å². The first-order chi connectivity index (χ1) is 13.7. The van der Waals surface area contributed by atoms with Crippen molar-refractivity contribution in [1.29, 1.82) is 0 Å². The smallest absolute Gasteiger partial charge is 0.274 e. The molecule has 1 aliphatic heterocycles. The highest BCUT2D eigenvalue weighted by Gasteiger charge is 2.26. The predicted octanol–water partition coefficient (Wildman–Crippen LogP) is 4.17. The number of rotatable bonds is 5. The normalized spacial score (nSPS) is 13.9. The summed E-state index contributed by atoms with van der Waals surface area (Å²) in [5.41, 5.74) is 2.14. The summed E-state index contributed by atoms with van der Waals surface area (Å²) in [4.78, 5) is 28.2. The van der Waals surface area contributed by atoms with Crippen molar-refractivity contribution in [2.75, 3.05) is 30.8 Å².